The van der Waals surface area contributed by atoms with Gasteiger partial charge in [0.2, 0.25) is 0 Å². The molecule has 0 unspecified atom stereocenters. The smallest absolute Gasteiger partial charge is 0.408 e. The second-order valence-electron chi connectivity index (χ2n) is 5.12. The summed E-state index contributed by atoms with van der Waals surface area (Å²) in [5.74, 6) is 5.93. The van der Waals surface area contributed by atoms with Crippen LogP contribution >= 0.6 is 15.9 Å². The average molecular weight is 324 g/mol. The topological polar surface area (TPSA) is 38.3 Å². The van der Waals surface area contributed by atoms with Gasteiger partial charge in [-0.2, -0.15) is 0 Å². The van der Waals surface area contributed by atoms with E-state index in [2.05, 4.69) is 33.1 Å². The standard InChI is InChI=1S/C15H18BrNO2/c1-11-7-8-13(16)10-12(11)6-5-9-17-14(18)19-15(2,3)4/h7-8,10H,9H2,1-4H3,(H,17,18). The predicted octanol–water partition coefficient (Wildman–Crippen LogP) is 3.63. The van der Waals surface area contributed by atoms with Crippen molar-refractivity contribution >= 4 is 22.0 Å². The quantitative estimate of drug-likeness (QED) is 0.801. The molecule has 19 heavy (non-hydrogen) atoms. The van der Waals surface area contributed by atoms with Crippen LogP contribution in [0, 0.1) is 18.8 Å². The summed E-state index contributed by atoms with van der Waals surface area (Å²) in [6, 6.07) is 5.92. The first-order valence-corrected chi connectivity index (χ1v) is 6.79. The molecule has 1 aromatic rings. The first kappa shape index (κ1) is 15.6. The Morgan fingerprint density at radius 2 is 2.11 bits per heavy atom. The predicted molar refractivity (Wildman–Crippen MR) is 80.0 cm³/mol. The van der Waals surface area contributed by atoms with Gasteiger partial charge in [-0.1, -0.05) is 33.8 Å². The van der Waals surface area contributed by atoms with Crippen molar-refractivity contribution in [2.24, 2.45) is 0 Å². The molecule has 0 aromatic heterocycles. The van der Waals surface area contributed by atoms with E-state index in [0.29, 0.717) is 0 Å². The number of alkyl carbamates (subject to hydrolysis) is 1. The van der Waals surface area contributed by atoms with E-state index in [1.54, 1.807) is 0 Å². The number of carbonyl (C=O) groups excluding carboxylic acids is 1. The van der Waals surface area contributed by atoms with Crippen molar-refractivity contribution in [1.29, 1.82) is 0 Å². The third-order valence-electron chi connectivity index (χ3n) is 2.14. The molecule has 1 N–H and O–H groups in total. The molecule has 0 aliphatic rings. The Kier molecular flexibility index (Phi) is 5.44. The van der Waals surface area contributed by atoms with E-state index < -0.39 is 11.7 Å². The number of halogens is 1. The molecule has 0 aliphatic heterocycles. The van der Waals surface area contributed by atoms with Crippen LogP contribution in [-0.2, 0) is 4.74 Å². The summed E-state index contributed by atoms with van der Waals surface area (Å²) < 4.78 is 6.10. The second kappa shape index (κ2) is 6.63. The number of amides is 1. The van der Waals surface area contributed by atoms with Crippen molar-refractivity contribution in [3.63, 3.8) is 0 Å². The van der Waals surface area contributed by atoms with Crippen molar-refractivity contribution < 1.29 is 9.53 Å². The van der Waals surface area contributed by atoms with Crippen LogP contribution in [0.25, 0.3) is 0 Å². The first-order chi connectivity index (χ1) is 8.78. The first-order valence-electron chi connectivity index (χ1n) is 6.00. The van der Waals surface area contributed by atoms with Gasteiger partial charge in [0, 0.05) is 10.0 Å². The molecule has 0 spiro atoms. The second-order valence-corrected chi connectivity index (χ2v) is 6.03. The fourth-order valence-corrected chi connectivity index (χ4v) is 1.66. The Morgan fingerprint density at radius 1 is 1.42 bits per heavy atom. The molecule has 0 saturated heterocycles. The van der Waals surface area contributed by atoms with Crippen LogP contribution in [0.1, 0.15) is 31.9 Å². The summed E-state index contributed by atoms with van der Waals surface area (Å²) in [6.45, 7) is 7.73. The Balaban J connectivity index is 2.52. The Hall–Kier alpha value is -1.47. The van der Waals surface area contributed by atoms with E-state index in [1.165, 1.54) is 0 Å². The Labute approximate surface area is 122 Å². The van der Waals surface area contributed by atoms with Gasteiger partial charge in [0.15, 0.2) is 0 Å². The normalized spacial score (nSPS) is 10.4. The van der Waals surface area contributed by atoms with Crippen LogP contribution in [0.2, 0.25) is 0 Å². The maximum absolute atomic E-state index is 11.4. The minimum absolute atomic E-state index is 0.265. The van der Waals surface area contributed by atoms with Gasteiger partial charge in [0.25, 0.3) is 0 Å². The zero-order valence-electron chi connectivity index (χ0n) is 11.6. The van der Waals surface area contributed by atoms with Crippen LogP contribution < -0.4 is 5.32 Å². The Bertz CT molecular complexity index is 521. The molecule has 0 fully saturated rings. The maximum atomic E-state index is 11.4. The van der Waals surface area contributed by atoms with Crippen molar-refractivity contribution in [2.75, 3.05) is 6.54 Å². The van der Waals surface area contributed by atoms with Gasteiger partial charge in [-0.15, -0.1) is 0 Å². The minimum Gasteiger partial charge on any atom is -0.444 e. The van der Waals surface area contributed by atoms with Crippen molar-refractivity contribution in [3.8, 4) is 11.8 Å². The lowest BCUT2D eigenvalue weighted by atomic mass is 10.1. The molecule has 0 atom stereocenters. The molecular formula is C15H18BrNO2. The lowest BCUT2D eigenvalue weighted by Gasteiger charge is -2.19. The van der Waals surface area contributed by atoms with E-state index >= 15 is 0 Å². The zero-order chi connectivity index (χ0) is 14.5. The van der Waals surface area contributed by atoms with Gasteiger partial charge in [0.1, 0.15) is 5.60 Å². The number of aryl methyl sites for hydroxylation is 1. The summed E-state index contributed by atoms with van der Waals surface area (Å²) in [6.07, 6.45) is -0.451. The van der Waals surface area contributed by atoms with Crippen molar-refractivity contribution in [1.82, 2.24) is 5.32 Å². The molecule has 102 valence electrons. The molecule has 1 aromatic carbocycles. The summed E-state index contributed by atoms with van der Waals surface area (Å²) in [7, 11) is 0. The number of ether oxygens (including phenoxy) is 1. The number of hydrogen-bond donors (Lipinski definition) is 1. The number of rotatable bonds is 1. The van der Waals surface area contributed by atoms with Crippen LogP contribution in [-0.4, -0.2) is 18.2 Å². The summed E-state index contributed by atoms with van der Waals surface area (Å²) >= 11 is 3.40. The maximum Gasteiger partial charge on any atom is 0.408 e. The van der Waals surface area contributed by atoms with Gasteiger partial charge in [-0.3, -0.25) is 0 Å². The van der Waals surface area contributed by atoms with Gasteiger partial charge < -0.3 is 10.1 Å². The lowest BCUT2D eigenvalue weighted by Crippen LogP contribution is -2.32. The van der Waals surface area contributed by atoms with Crippen LogP contribution in [0.3, 0.4) is 0 Å². The van der Waals surface area contributed by atoms with Crippen LogP contribution in [0.5, 0.6) is 0 Å². The van der Waals surface area contributed by atoms with Crippen molar-refractivity contribution in [2.45, 2.75) is 33.3 Å². The van der Waals surface area contributed by atoms with Crippen LogP contribution in [0.15, 0.2) is 22.7 Å². The van der Waals surface area contributed by atoms with E-state index in [1.807, 2.05) is 45.9 Å². The van der Waals surface area contributed by atoms with E-state index in [9.17, 15) is 4.79 Å². The molecule has 0 radical (unpaired) electrons. The highest BCUT2D eigenvalue weighted by Gasteiger charge is 2.14. The third-order valence-corrected chi connectivity index (χ3v) is 2.64. The molecule has 4 heteroatoms. The Morgan fingerprint density at radius 3 is 2.74 bits per heavy atom. The molecular weight excluding hydrogens is 306 g/mol. The van der Waals surface area contributed by atoms with Gasteiger partial charge in [-0.25, -0.2) is 4.79 Å². The third kappa shape index (κ3) is 6.30. The van der Waals surface area contributed by atoms with E-state index in [-0.39, 0.29) is 6.54 Å². The summed E-state index contributed by atoms with van der Waals surface area (Å²) in [5, 5.41) is 2.60. The van der Waals surface area contributed by atoms with Gasteiger partial charge in [-0.05, 0) is 45.4 Å². The fourth-order valence-electron chi connectivity index (χ4n) is 1.30. The molecule has 0 bridgehead atoms. The highest BCUT2D eigenvalue weighted by atomic mass is 79.9. The molecule has 3 nitrogen and oxygen atoms in total. The highest BCUT2D eigenvalue weighted by molar-refractivity contribution is 9.10. The molecule has 0 aliphatic carbocycles. The van der Waals surface area contributed by atoms with Crippen LogP contribution in [0.4, 0.5) is 4.79 Å². The highest BCUT2D eigenvalue weighted by Crippen LogP contribution is 2.14. The number of nitrogens with one attached hydrogen (secondary N) is 1. The number of benzene rings is 1. The molecule has 1 amide bonds. The summed E-state index contributed by atoms with van der Waals surface area (Å²) in [4.78, 5) is 11.4. The largest absolute Gasteiger partial charge is 0.444 e. The van der Waals surface area contributed by atoms with E-state index in [0.717, 1.165) is 15.6 Å². The number of carbonyl (C=O) groups is 1. The lowest BCUT2D eigenvalue weighted by molar-refractivity contribution is 0.0535. The summed E-state index contributed by atoms with van der Waals surface area (Å²) in [5.41, 5.74) is 1.56. The fraction of sp³-hybridized carbons (Fsp3) is 0.400. The van der Waals surface area contributed by atoms with E-state index in [4.69, 9.17) is 4.74 Å². The van der Waals surface area contributed by atoms with Gasteiger partial charge in [0.05, 0.1) is 6.54 Å². The SMILES string of the molecule is Cc1ccc(Br)cc1C#CCNC(=O)OC(C)(C)C. The number of hydrogen-bond acceptors (Lipinski definition) is 2. The molecule has 1 rings (SSSR count). The minimum atomic E-state index is -0.488. The molecule has 0 heterocycles. The monoisotopic (exact) mass is 323 g/mol. The average Bonchev–Trinajstić information content (AvgIpc) is 2.26. The molecule has 0 saturated carbocycles. The zero-order valence-corrected chi connectivity index (χ0v) is 13.2. The van der Waals surface area contributed by atoms with Crippen molar-refractivity contribution in [3.05, 3.63) is 33.8 Å². The van der Waals surface area contributed by atoms with Gasteiger partial charge >= 0.3 is 6.09 Å².